The van der Waals surface area contributed by atoms with Crippen LogP contribution >= 0.6 is 35.1 Å². The van der Waals surface area contributed by atoms with Crippen molar-refractivity contribution in [3.05, 3.63) is 32.6 Å². The van der Waals surface area contributed by atoms with E-state index in [0.717, 1.165) is 13.0 Å². The van der Waals surface area contributed by atoms with E-state index < -0.39 is 64.9 Å². The molecule has 0 aliphatic carbocycles. The molecule has 1 saturated heterocycles. The van der Waals surface area contributed by atoms with Gasteiger partial charge in [-0.05, 0) is 31.4 Å². The zero-order valence-electron chi connectivity index (χ0n) is 16.9. The fourth-order valence-corrected chi connectivity index (χ4v) is 6.39. The van der Waals surface area contributed by atoms with Crippen molar-refractivity contribution in [1.82, 2.24) is 9.55 Å². The molecule has 0 bridgehead atoms. The summed E-state index contributed by atoms with van der Waals surface area (Å²) >= 11 is 5.35. The highest BCUT2D eigenvalue weighted by molar-refractivity contribution is 7.66. The number of aromatic amines is 1. The molecular formula is C13H18ClN2O15P3. The lowest BCUT2D eigenvalue weighted by Gasteiger charge is -2.27. The van der Waals surface area contributed by atoms with Gasteiger partial charge in [-0.25, -0.2) is 18.5 Å². The minimum Gasteiger partial charge on any atom is -0.386 e. The van der Waals surface area contributed by atoms with Gasteiger partial charge in [-0.15, -0.1) is 0 Å². The number of nitrogens with zero attached hydrogens (tertiary/aromatic N) is 1. The predicted octanol–water partition coefficient (Wildman–Crippen LogP) is -1.23. The third-order valence-electron chi connectivity index (χ3n) is 4.25. The minimum atomic E-state index is -5.83. The molecule has 0 saturated carbocycles. The maximum Gasteiger partial charge on any atom is 0.490 e. The summed E-state index contributed by atoms with van der Waals surface area (Å²) in [7, 11) is -17.1. The van der Waals surface area contributed by atoms with Crippen molar-refractivity contribution in [2.75, 3.05) is 0 Å². The highest BCUT2D eigenvalue weighted by atomic mass is 35.5. The summed E-state index contributed by atoms with van der Waals surface area (Å²) in [6.07, 6.45) is -7.54. The molecule has 17 nitrogen and oxygen atoms in total. The summed E-state index contributed by atoms with van der Waals surface area (Å²) in [6, 6.07) is 0.953. The molecule has 0 aromatic carbocycles. The highest BCUT2D eigenvalue weighted by Crippen LogP contribution is 2.66. The van der Waals surface area contributed by atoms with E-state index in [-0.39, 0.29) is 5.69 Å². The summed E-state index contributed by atoms with van der Waals surface area (Å²) in [6.45, 7) is 2.25. The van der Waals surface area contributed by atoms with Gasteiger partial charge in [-0.1, -0.05) is 0 Å². The number of hydrogen-bond acceptors (Lipinski definition) is 11. The first-order valence-corrected chi connectivity index (χ1v) is 13.6. The van der Waals surface area contributed by atoms with E-state index in [1.807, 2.05) is 10.9 Å². The van der Waals surface area contributed by atoms with Crippen LogP contribution in [0.3, 0.4) is 0 Å². The van der Waals surface area contributed by atoms with Gasteiger partial charge >= 0.3 is 29.2 Å². The molecule has 1 aliphatic rings. The third kappa shape index (κ3) is 6.73. The van der Waals surface area contributed by atoms with Gasteiger partial charge in [0.05, 0.1) is 6.10 Å². The molecule has 0 spiro atoms. The monoisotopic (exact) mass is 570 g/mol. The van der Waals surface area contributed by atoms with Crippen molar-refractivity contribution in [2.24, 2.45) is 0 Å². The van der Waals surface area contributed by atoms with E-state index in [9.17, 15) is 43.3 Å². The van der Waals surface area contributed by atoms with Gasteiger partial charge in [0.15, 0.2) is 6.23 Å². The molecular weight excluding hydrogens is 553 g/mol. The predicted molar refractivity (Wildman–Crippen MR) is 109 cm³/mol. The Bertz CT molecular complexity index is 1260. The van der Waals surface area contributed by atoms with Crippen LogP contribution in [0.25, 0.3) is 0 Å². The second-order valence-corrected chi connectivity index (χ2v) is 11.4. The number of aliphatic hydroxyl groups is 2. The first kappa shape index (κ1) is 29.1. The Labute approximate surface area is 194 Å². The Morgan fingerprint density at radius 1 is 1.21 bits per heavy atom. The molecule has 7 N–H and O–H groups in total. The van der Waals surface area contributed by atoms with Gasteiger partial charge in [0.2, 0.25) is 5.60 Å². The Balaban J connectivity index is 2.37. The van der Waals surface area contributed by atoms with Crippen molar-refractivity contribution in [3.63, 3.8) is 0 Å². The molecule has 34 heavy (non-hydrogen) atoms. The van der Waals surface area contributed by atoms with Crippen LogP contribution in [0.1, 0.15) is 18.8 Å². The summed E-state index contributed by atoms with van der Waals surface area (Å²) in [5.74, 6) is 2.03. The molecule has 0 radical (unpaired) electrons. The quantitative estimate of drug-likeness (QED) is 0.142. The molecule has 7 atom stereocenters. The second kappa shape index (κ2) is 10.1. The SMILES string of the molecule is Cc1cc(=O)[nH]c(=O)n1[C@@H]1O[C@H]([C@H](C)OP(=O)(O)OP(=O)(O)OP(=O)(O)O)[C@H](O)C1(O)C#CCl. The average molecular weight is 571 g/mol. The first-order valence-electron chi connectivity index (χ1n) is 8.65. The number of aliphatic hydroxyl groups excluding tert-OH is 1. The van der Waals surface area contributed by atoms with Gasteiger partial charge in [-0.2, -0.15) is 8.62 Å². The maximum absolute atomic E-state index is 12.3. The van der Waals surface area contributed by atoms with Crippen LogP contribution in [0.5, 0.6) is 0 Å². The number of H-pyrrole nitrogens is 1. The summed E-state index contributed by atoms with van der Waals surface area (Å²) < 4.78 is 52.1. The van der Waals surface area contributed by atoms with Crippen LogP contribution in [-0.2, 0) is 31.6 Å². The Kier molecular flexibility index (Phi) is 8.59. The zero-order valence-corrected chi connectivity index (χ0v) is 20.4. The average Bonchev–Trinajstić information content (AvgIpc) is 2.83. The normalized spacial score (nSPS) is 29.5. The van der Waals surface area contributed by atoms with Gasteiger partial charge in [0.1, 0.15) is 12.2 Å². The standard InChI is InChI=1S/C13H18ClN2O15P3/c1-6-5-8(17)15-12(19)16(6)11-13(20,3-4-14)10(18)9(28-11)7(2)29-33(24,25)31-34(26,27)30-32(21,22)23/h5,7,9-11,18,20H,1-2H3,(H,24,25)(H,26,27)(H,15,17,19)(H2,21,22,23)/t7-,9+,10-,11+,13?/m0/s1. The van der Waals surface area contributed by atoms with E-state index >= 15 is 0 Å². The minimum absolute atomic E-state index is 0.0538. The van der Waals surface area contributed by atoms with Gasteiger partial charge in [-0.3, -0.25) is 18.9 Å². The van der Waals surface area contributed by atoms with E-state index in [0.29, 0.717) is 4.57 Å². The van der Waals surface area contributed by atoms with Crippen molar-refractivity contribution in [2.45, 2.75) is 44.0 Å². The fourth-order valence-electron chi connectivity index (χ4n) is 3.04. The van der Waals surface area contributed by atoms with Crippen LogP contribution in [-0.4, -0.2) is 63.3 Å². The lowest BCUT2D eigenvalue weighted by atomic mass is 9.93. The third-order valence-corrected chi connectivity index (χ3v) is 8.27. The Morgan fingerprint density at radius 3 is 2.29 bits per heavy atom. The number of ether oxygens (including phenoxy) is 1. The van der Waals surface area contributed by atoms with E-state index in [2.05, 4.69) is 13.1 Å². The van der Waals surface area contributed by atoms with Crippen molar-refractivity contribution in [1.29, 1.82) is 0 Å². The number of phosphoric ester groups is 1. The molecule has 21 heteroatoms. The molecule has 2 heterocycles. The zero-order chi connectivity index (χ0) is 26.3. The van der Waals surface area contributed by atoms with Gasteiger partial charge in [0.25, 0.3) is 5.56 Å². The van der Waals surface area contributed by atoms with Crippen molar-refractivity contribution in [3.8, 4) is 11.3 Å². The Morgan fingerprint density at radius 2 is 1.79 bits per heavy atom. The summed E-state index contributed by atoms with van der Waals surface area (Å²) in [5, 5.41) is 23.3. The molecule has 2 rings (SSSR count). The summed E-state index contributed by atoms with van der Waals surface area (Å²) in [4.78, 5) is 61.7. The number of aryl methyl sites for hydroxylation is 1. The molecule has 0 amide bonds. The fraction of sp³-hybridized carbons (Fsp3) is 0.538. The number of aromatic nitrogens is 2. The number of hydrogen-bond donors (Lipinski definition) is 7. The molecule has 192 valence electrons. The number of nitrogens with one attached hydrogen (secondary N) is 1. The van der Waals surface area contributed by atoms with Crippen LogP contribution in [0.15, 0.2) is 15.7 Å². The molecule has 1 aliphatic heterocycles. The topological polar surface area (TPSA) is 264 Å². The van der Waals surface area contributed by atoms with Crippen LogP contribution < -0.4 is 11.2 Å². The number of halogens is 1. The molecule has 3 unspecified atom stereocenters. The van der Waals surface area contributed by atoms with Gasteiger partial charge in [0, 0.05) is 17.1 Å². The second-order valence-electron chi connectivity index (χ2n) is 6.79. The van der Waals surface area contributed by atoms with Crippen LogP contribution in [0, 0.1) is 18.2 Å². The molecule has 1 aromatic heterocycles. The van der Waals surface area contributed by atoms with Gasteiger partial charge < -0.3 is 34.5 Å². The first-order chi connectivity index (χ1) is 15.3. The largest absolute Gasteiger partial charge is 0.490 e. The van der Waals surface area contributed by atoms with E-state index in [1.54, 1.807) is 5.38 Å². The lowest BCUT2D eigenvalue weighted by Crippen LogP contribution is -2.49. The number of phosphoric acid groups is 3. The van der Waals surface area contributed by atoms with E-state index in [1.165, 1.54) is 6.92 Å². The van der Waals surface area contributed by atoms with Crippen LogP contribution in [0.2, 0.25) is 0 Å². The highest BCUT2D eigenvalue weighted by Gasteiger charge is 2.59. The molecule has 1 aromatic rings. The molecule has 1 fully saturated rings. The van der Waals surface area contributed by atoms with Crippen LogP contribution in [0.4, 0.5) is 0 Å². The summed E-state index contributed by atoms with van der Waals surface area (Å²) in [5.41, 5.74) is -4.57. The maximum atomic E-state index is 12.3. The van der Waals surface area contributed by atoms with Crippen molar-refractivity contribution >= 4 is 35.1 Å². The smallest absolute Gasteiger partial charge is 0.386 e. The van der Waals surface area contributed by atoms with Crippen molar-refractivity contribution < 1.29 is 61.4 Å². The number of rotatable bonds is 8. The lowest BCUT2D eigenvalue weighted by molar-refractivity contribution is -0.0877. The van der Waals surface area contributed by atoms with E-state index in [4.69, 9.17) is 26.1 Å². The Hall–Kier alpha value is -1.18.